The molecule has 3 heteroatoms. The first kappa shape index (κ1) is 13.9. The van der Waals surface area contributed by atoms with Crippen LogP contribution in [0.15, 0.2) is 36.9 Å². The topological polar surface area (TPSA) is 53.1 Å². The van der Waals surface area contributed by atoms with Gasteiger partial charge in [0.2, 0.25) is 0 Å². The van der Waals surface area contributed by atoms with Crippen molar-refractivity contribution in [3.05, 3.63) is 48.2 Å². The van der Waals surface area contributed by atoms with Crippen LogP contribution in [0.2, 0.25) is 0 Å². The second-order valence-corrected chi connectivity index (χ2v) is 6.21. The van der Waals surface area contributed by atoms with Crippen LogP contribution < -0.4 is 0 Å². The van der Waals surface area contributed by atoms with E-state index in [4.69, 9.17) is 0 Å². The average molecular weight is 283 g/mol. The number of fused-ring (bicyclic) bond motifs is 3. The summed E-state index contributed by atoms with van der Waals surface area (Å²) in [6, 6.07) is 8.25. The molecule has 1 aliphatic carbocycles. The molecule has 0 saturated heterocycles. The van der Waals surface area contributed by atoms with Gasteiger partial charge in [0.25, 0.3) is 0 Å². The Kier molecular flexibility index (Phi) is 3.36. The van der Waals surface area contributed by atoms with Crippen LogP contribution in [0.5, 0.6) is 0 Å². The van der Waals surface area contributed by atoms with Crippen LogP contribution in [0, 0.1) is 5.92 Å². The summed E-state index contributed by atoms with van der Waals surface area (Å²) in [7, 11) is 0. The van der Waals surface area contributed by atoms with Gasteiger partial charge in [-0.05, 0) is 37.3 Å². The first-order valence-electron chi connectivity index (χ1n) is 7.51. The van der Waals surface area contributed by atoms with E-state index in [0.717, 1.165) is 30.5 Å². The maximum Gasteiger partial charge on any atom is 0.307 e. The highest BCUT2D eigenvalue weighted by molar-refractivity contribution is 5.86. The molecule has 0 fully saturated rings. The fourth-order valence-electron chi connectivity index (χ4n) is 3.85. The van der Waals surface area contributed by atoms with Crippen molar-refractivity contribution < 1.29 is 9.90 Å². The lowest BCUT2D eigenvalue weighted by atomic mass is 9.65. The highest BCUT2D eigenvalue weighted by Crippen LogP contribution is 2.45. The first-order chi connectivity index (χ1) is 10.1. The lowest BCUT2D eigenvalue weighted by Crippen LogP contribution is -2.40. The van der Waals surface area contributed by atoms with Gasteiger partial charge in [-0.1, -0.05) is 31.2 Å². The third-order valence-electron chi connectivity index (χ3n) is 4.98. The molecule has 1 aromatic heterocycles. The van der Waals surface area contributed by atoms with Gasteiger partial charge in [-0.3, -0.25) is 4.79 Å². The number of aliphatic carboxylic acids is 1. The van der Waals surface area contributed by atoms with Crippen molar-refractivity contribution in [3.8, 4) is 0 Å². The third-order valence-corrected chi connectivity index (χ3v) is 4.98. The quantitative estimate of drug-likeness (QED) is 0.832. The molecule has 3 nitrogen and oxygen atoms in total. The zero-order chi connectivity index (χ0) is 15.0. The van der Waals surface area contributed by atoms with E-state index in [9.17, 15) is 9.90 Å². The number of carbonyl (C=O) groups is 1. The number of nitrogens with one attached hydrogen (secondary N) is 1. The fraction of sp³-hybridized carbons (Fsp3) is 0.389. The molecule has 3 rings (SSSR count). The predicted molar refractivity (Wildman–Crippen MR) is 84.5 cm³/mol. The molecule has 0 saturated carbocycles. The second kappa shape index (κ2) is 5.06. The Balaban J connectivity index is 2.18. The van der Waals surface area contributed by atoms with Crippen molar-refractivity contribution in [1.29, 1.82) is 0 Å². The van der Waals surface area contributed by atoms with Crippen molar-refractivity contribution in [2.45, 2.75) is 38.0 Å². The summed E-state index contributed by atoms with van der Waals surface area (Å²) in [5.74, 6) is -1.16. The van der Waals surface area contributed by atoms with Gasteiger partial charge in [-0.2, -0.15) is 0 Å². The number of para-hydroxylation sites is 1. The Morgan fingerprint density at radius 2 is 2.29 bits per heavy atom. The van der Waals surface area contributed by atoms with Crippen molar-refractivity contribution >= 4 is 16.9 Å². The zero-order valence-electron chi connectivity index (χ0n) is 12.4. The van der Waals surface area contributed by atoms with Crippen LogP contribution >= 0.6 is 0 Å². The summed E-state index contributed by atoms with van der Waals surface area (Å²) in [5.41, 5.74) is 3.17. The molecular weight excluding hydrogens is 262 g/mol. The Morgan fingerprint density at radius 3 is 3.00 bits per heavy atom. The fourth-order valence-corrected chi connectivity index (χ4v) is 3.85. The van der Waals surface area contributed by atoms with Gasteiger partial charge in [-0.25, -0.2) is 0 Å². The van der Waals surface area contributed by atoms with Crippen LogP contribution in [0.1, 0.15) is 37.4 Å². The minimum Gasteiger partial charge on any atom is -0.481 e. The van der Waals surface area contributed by atoms with Crippen molar-refractivity contribution in [1.82, 2.24) is 4.98 Å². The lowest BCUT2D eigenvalue weighted by molar-refractivity contribution is -0.144. The minimum absolute atomic E-state index is 0.355. The number of benzene rings is 1. The summed E-state index contributed by atoms with van der Waals surface area (Å²) in [6.45, 7) is 5.82. The van der Waals surface area contributed by atoms with E-state index in [1.54, 1.807) is 6.08 Å². The number of hydrogen-bond acceptors (Lipinski definition) is 1. The summed E-state index contributed by atoms with van der Waals surface area (Å²) in [4.78, 5) is 15.3. The number of allylic oxidation sites excluding steroid dienone is 1. The number of H-pyrrole nitrogens is 1. The van der Waals surface area contributed by atoms with E-state index in [-0.39, 0.29) is 5.41 Å². The first-order valence-corrected chi connectivity index (χ1v) is 7.51. The Labute approximate surface area is 124 Å². The van der Waals surface area contributed by atoms with E-state index in [1.165, 1.54) is 10.9 Å². The van der Waals surface area contributed by atoms with Gasteiger partial charge in [0.05, 0.1) is 5.92 Å². The number of carboxylic acids is 1. The Morgan fingerprint density at radius 1 is 1.52 bits per heavy atom. The number of rotatable bonds is 4. The van der Waals surface area contributed by atoms with E-state index >= 15 is 0 Å². The van der Waals surface area contributed by atoms with Gasteiger partial charge in [0.1, 0.15) is 0 Å². The van der Waals surface area contributed by atoms with Gasteiger partial charge >= 0.3 is 5.97 Å². The van der Waals surface area contributed by atoms with E-state index in [2.05, 4.69) is 30.6 Å². The van der Waals surface area contributed by atoms with Gasteiger partial charge in [0, 0.05) is 22.0 Å². The molecule has 1 heterocycles. The Bertz CT molecular complexity index is 700. The van der Waals surface area contributed by atoms with Gasteiger partial charge < -0.3 is 10.1 Å². The third kappa shape index (κ3) is 2.08. The minimum atomic E-state index is -0.732. The predicted octanol–water partition coefficient (Wildman–Crippen LogP) is 4.04. The molecule has 0 amide bonds. The monoisotopic (exact) mass is 283 g/mol. The SMILES string of the molecule is C=CCC(C(=O)O)C1(C)CCCc2c1[nH]c1ccccc21. The Hall–Kier alpha value is -2.03. The molecule has 2 aromatic rings. The van der Waals surface area contributed by atoms with Crippen LogP contribution in [0.3, 0.4) is 0 Å². The van der Waals surface area contributed by atoms with E-state index < -0.39 is 11.9 Å². The molecule has 2 N–H and O–H groups in total. The number of aromatic nitrogens is 1. The second-order valence-electron chi connectivity index (χ2n) is 6.21. The summed E-state index contributed by atoms with van der Waals surface area (Å²) < 4.78 is 0. The summed E-state index contributed by atoms with van der Waals surface area (Å²) >= 11 is 0. The molecule has 0 bridgehead atoms. The summed E-state index contributed by atoms with van der Waals surface area (Å²) in [5, 5.41) is 10.9. The molecule has 2 atom stereocenters. The van der Waals surface area contributed by atoms with Crippen LogP contribution in [0.25, 0.3) is 10.9 Å². The molecule has 2 unspecified atom stereocenters. The highest BCUT2D eigenvalue weighted by atomic mass is 16.4. The number of hydrogen-bond donors (Lipinski definition) is 2. The van der Waals surface area contributed by atoms with Gasteiger partial charge in [-0.15, -0.1) is 6.58 Å². The molecule has 21 heavy (non-hydrogen) atoms. The smallest absolute Gasteiger partial charge is 0.307 e. The average Bonchev–Trinajstić information content (AvgIpc) is 2.85. The number of aryl methyl sites for hydroxylation is 1. The molecule has 110 valence electrons. The van der Waals surface area contributed by atoms with Crippen molar-refractivity contribution in [2.24, 2.45) is 5.92 Å². The molecular formula is C18H21NO2. The number of carboxylic acid groups (broad SMARTS) is 1. The summed E-state index contributed by atoms with van der Waals surface area (Å²) in [6.07, 6.45) is 5.18. The maximum atomic E-state index is 11.8. The zero-order valence-corrected chi connectivity index (χ0v) is 12.4. The molecule has 0 aliphatic heterocycles. The van der Waals surface area contributed by atoms with Crippen LogP contribution in [-0.4, -0.2) is 16.1 Å². The maximum absolute atomic E-state index is 11.8. The highest BCUT2D eigenvalue weighted by Gasteiger charge is 2.44. The standard InChI is InChI=1S/C18H21NO2/c1-3-7-14(17(20)21)18(2)11-6-9-13-12-8-4-5-10-15(12)19-16(13)18/h3-5,8,10,14,19H,1,6-7,9,11H2,2H3,(H,20,21). The van der Waals surface area contributed by atoms with Gasteiger partial charge in [0.15, 0.2) is 0 Å². The molecule has 0 radical (unpaired) electrons. The lowest BCUT2D eigenvalue weighted by Gasteiger charge is -2.38. The van der Waals surface area contributed by atoms with E-state index in [1.807, 2.05) is 12.1 Å². The van der Waals surface area contributed by atoms with E-state index in [0.29, 0.717) is 6.42 Å². The molecule has 0 spiro atoms. The molecule has 1 aromatic carbocycles. The number of aromatic amines is 1. The molecule has 1 aliphatic rings. The largest absolute Gasteiger partial charge is 0.481 e. The van der Waals surface area contributed by atoms with Crippen LogP contribution in [-0.2, 0) is 16.6 Å². The van der Waals surface area contributed by atoms with Crippen molar-refractivity contribution in [2.75, 3.05) is 0 Å². The van der Waals surface area contributed by atoms with Crippen molar-refractivity contribution in [3.63, 3.8) is 0 Å². The normalized spacial score (nSPS) is 22.7. The van der Waals surface area contributed by atoms with Crippen LogP contribution in [0.4, 0.5) is 0 Å².